The van der Waals surface area contributed by atoms with Gasteiger partial charge in [0, 0.05) is 36.5 Å². The van der Waals surface area contributed by atoms with Gasteiger partial charge in [-0.2, -0.15) is 23.3 Å². The van der Waals surface area contributed by atoms with E-state index in [0.717, 1.165) is 41.1 Å². The van der Waals surface area contributed by atoms with Crippen molar-refractivity contribution < 1.29 is 27.6 Å². The summed E-state index contributed by atoms with van der Waals surface area (Å²) >= 11 is 1.21. The number of carbonyl (C=O) groups excluding carboxylic acids is 3. The second-order valence-electron chi connectivity index (χ2n) is 11.5. The van der Waals surface area contributed by atoms with E-state index < -0.39 is 23.7 Å². The normalized spacial score (nSPS) is 14.3. The Morgan fingerprint density at radius 3 is 2.30 bits per heavy atom. The number of urea groups is 1. The third-order valence-corrected chi connectivity index (χ3v) is 8.67. The Balaban J connectivity index is 1.32. The van der Waals surface area contributed by atoms with Crippen LogP contribution in [0.1, 0.15) is 52.4 Å². The van der Waals surface area contributed by atoms with Crippen LogP contribution in [0.2, 0.25) is 0 Å². The number of nitrogens with one attached hydrogen (secondary N) is 1. The van der Waals surface area contributed by atoms with Crippen molar-refractivity contribution in [2.45, 2.75) is 39.8 Å². The Kier molecular flexibility index (Phi) is 9.30. The Labute approximate surface area is 274 Å². The molecule has 3 aromatic carbocycles. The van der Waals surface area contributed by atoms with Crippen LogP contribution in [0.25, 0.3) is 11.3 Å². The smallest absolute Gasteiger partial charge is 0.306 e. The van der Waals surface area contributed by atoms with Gasteiger partial charge in [0.25, 0.3) is 5.91 Å². The Morgan fingerprint density at radius 2 is 1.68 bits per heavy atom. The van der Waals surface area contributed by atoms with E-state index >= 15 is 0 Å². The van der Waals surface area contributed by atoms with Gasteiger partial charge in [-0.25, -0.2) is 4.79 Å². The maximum atomic E-state index is 13.1. The Hall–Kier alpha value is -4.91. The SMILES string of the molecule is Cc1ccc(C(C)C)c(N2C(=O)CSC2=NC(=O)Nc2ccc(-c3nn(C)c(N(C)C(=O)c4ccc(C(F)(F)F)cc4)c3C)cc2)c1. The molecule has 9 nitrogen and oxygen atoms in total. The van der Waals surface area contributed by atoms with Crippen LogP contribution in [-0.4, -0.2) is 45.6 Å². The third kappa shape index (κ3) is 6.94. The number of hydrogen-bond donors (Lipinski definition) is 1. The van der Waals surface area contributed by atoms with Gasteiger partial charge in [0.05, 0.1) is 22.7 Å². The molecule has 4 aromatic rings. The van der Waals surface area contributed by atoms with Crippen LogP contribution < -0.4 is 15.1 Å². The van der Waals surface area contributed by atoms with Crippen LogP contribution in [0.15, 0.2) is 71.7 Å². The molecule has 5 rings (SSSR count). The Bertz CT molecular complexity index is 1880. The number of alkyl halides is 3. The van der Waals surface area contributed by atoms with Gasteiger partial charge in [0.15, 0.2) is 5.17 Å². The minimum absolute atomic E-state index is 0.106. The van der Waals surface area contributed by atoms with Crippen molar-refractivity contribution in [2.24, 2.45) is 12.0 Å². The number of aryl methyl sites for hydroxylation is 2. The summed E-state index contributed by atoms with van der Waals surface area (Å²) < 4.78 is 40.4. The maximum Gasteiger partial charge on any atom is 0.416 e. The first-order valence-corrected chi connectivity index (χ1v) is 15.7. The van der Waals surface area contributed by atoms with Crippen molar-refractivity contribution in [1.29, 1.82) is 0 Å². The number of anilines is 3. The first-order valence-electron chi connectivity index (χ1n) is 14.7. The fraction of sp³-hybridized carbons (Fsp3) is 0.265. The van der Waals surface area contributed by atoms with E-state index in [-0.39, 0.29) is 23.1 Å². The number of carbonyl (C=O) groups is 3. The number of rotatable bonds is 6. The number of aliphatic imine (C=N–C) groups is 1. The van der Waals surface area contributed by atoms with Gasteiger partial charge in [0.2, 0.25) is 5.91 Å². The first kappa shape index (κ1) is 33.5. The lowest BCUT2D eigenvalue weighted by molar-refractivity contribution is -0.137. The molecule has 4 amide bonds. The lowest BCUT2D eigenvalue weighted by atomic mass is 9.99. The highest BCUT2D eigenvalue weighted by Crippen LogP contribution is 2.35. The minimum Gasteiger partial charge on any atom is -0.306 e. The van der Waals surface area contributed by atoms with E-state index in [1.807, 2.05) is 39.0 Å². The predicted octanol–water partition coefficient (Wildman–Crippen LogP) is 7.79. The summed E-state index contributed by atoms with van der Waals surface area (Å²) in [6, 6.07) is 16.3. The molecule has 0 atom stereocenters. The Morgan fingerprint density at radius 1 is 1.02 bits per heavy atom. The molecule has 1 aliphatic rings. The van der Waals surface area contributed by atoms with Gasteiger partial charge >= 0.3 is 12.2 Å². The zero-order chi connectivity index (χ0) is 34.2. The van der Waals surface area contributed by atoms with Crippen LogP contribution in [0.5, 0.6) is 0 Å². The van der Waals surface area contributed by atoms with E-state index in [4.69, 9.17) is 0 Å². The van der Waals surface area contributed by atoms with E-state index in [1.165, 1.54) is 33.3 Å². The van der Waals surface area contributed by atoms with Gasteiger partial charge < -0.3 is 5.32 Å². The predicted molar refractivity (Wildman–Crippen MR) is 179 cm³/mol. The van der Waals surface area contributed by atoms with E-state index in [1.54, 1.807) is 38.2 Å². The first-order chi connectivity index (χ1) is 22.1. The molecule has 13 heteroatoms. The van der Waals surface area contributed by atoms with Crippen LogP contribution in [0, 0.1) is 13.8 Å². The number of aromatic nitrogens is 2. The van der Waals surface area contributed by atoms with Gasteiger partial charge in [-0.05, 0) is 73.4 Å². The average molecular weight is 663 g/mol. The van der Waals surface area contributed by atoms with E-state index in [9.17, 15) is 27.6 Å². The van der Waals surface area contributed by atoms with Crippen LogP contribution >= 0.6 is 11.8 Å². The molecule has 1 fully saturated rings. The third-order valence-electron chi connectivity index (χ3n) is 7.75. The molecule has 0 unspecified atom stereocenters. The lowest BCUT2D eigenvalue weighted by Crippen LogP contribution is -2.31. The molecule has 1 N–H and O–H groups in total. The number of hydrogen-bond acceptors (Lipinski definition) is 5. The van der Waals surface area contributed by atoms with Gasteiger partial charge in [-0.15, -0.1) is 0 Å². The zero-order valence-electron chi connectivity index (χ0n) is 26.6. The summed E-state index contributed by atoms with van der Waals surface area (Å²) in [5.41, 5.74) is 4.43. The molecular weight excluding hydrogens is 629 g/mol. The highest BCUT2D eigenvalue weighted by atomic mass is 32.2. The number of amides is 4. The fourth-order valence-electron chi connectivity index (χ4n) is 5.42. The number of benzene rings is 3. The average Bonchev–Trinajstić information content (AvgIpc) is 3.53. The van der Waals surface area contributed by atoms with Crippen LogP contribution in [0.3, 0.4) is 0 Å². The zero-order valence-corrected chi connectivity index (χ0v) is 27.5. The summed E-state index contributed by atoms with van der Waals surface area (Å²) in [6.07, 6.45) is -4.50. The molecule has 1 aromatic heterocycles. The molecule has 2 heterocycles. The number of nitrogens with zero attached hydrogens (tertiary/aromatic N) is 5. The molecular formula is C34H33F3N6O3S. The molecule has 0 saturated carbocycles. The van der Waals surface area contributed by atoms with Gasteiger partial charge in [-0.1, -0.05) is 49.9 Å². The lowest BCUT2D eigenvalue weighted by Gasteiger charge is -2.22. The van der Waals surface area contributed by atoms with Crippen molar-refractivity contribution in [2.75, 3.05) is 27.9 Å². The van der Waals surface area contributed by atoms with Crippen molar-refractivity contribution in [1.82, 2.24) is 9.78 Å². The van der Waals surface area contributed by atoms with E-state index in [0.29, 0.717) is 33.5 Å². The van der Waals surface area contributed by atoms with Crippen molar-refractivity contribution in [3.05, 3.63) is 94.5 Å². The van der Waals surface area contributed by atoms with Gasteiger partial charge in [0.1, 0.15) is 5.82 Å². The quantitative estimate of drug-likeness (QED) is 0.227. The van der Waals surface area contributed by atoms with Crippen LogP contribution in [0.4, 0.5) is 35.2 Å². The maximum absolute atomic E-state index is 13.1. The molecule has 1 aliphatic heterocycles. The molecule has 0 bridgehead atoms. The molecule has 0 spiro atoms. The second kappa shape index (κ2) is 13.1. The minimum atomic E-state index is -4.50. The summed E-state index contributed by atoms with van der Waals surface area (Å²) in [5, 5.41) is 7.64. The monoisotopic (exact) mass is 662 g/mol. The molecule has 47 heavy (non-hydrogen) atoms. The number of thioether (sulfide) groups is 1. The summed E-state index contributed by atoms with van der Waals surface area (Å²) in [6.45, 7) is 7.83. The van der Waals surface area contributed by atoms with E-state index in [2.05, 4.69) is 15.4 Å². The largest absolute Gasteiger partial charge is 0.416 e. The summed E-state index contributed by atoms with van der Waals surface area (Å²) in [5.74, 6) is 0.189. The molecule has 0 radical (unpaired) electrons. The number of amidine groups is 1. The standard InChI is InChI=1S/C34H33F3N6O3S/c1-19(2)26-16-7-20(3)17-27(26)43-28(44)18-47-33(43)39-32(46)38-25-14-10-22(11-15-25)29-21(4)30(42(6)40-29)41(5)31(45)23-8-12-24(13-9-23)34(35,36)37/h7-17,19H,18H2,1-6H3,(H,38,46). The highest BCUT2D eigenvalue weighted by molar-refractivity contribution is 8.15. The summed E-state index contributed by atoms with van der Waals surface area (Å²) in [7, 11) is 3.21. The topological polar surface area (TPSA) is 99.9 Å². The fourth-order valence-corrected chi connectivity index (χ4v) is 6.28. The van der Waals surface area contributed by atoms with Crippen LogP contribution in [-0.2, 0) is 18.0 Å². The summed E-state index contributed by atoms with van der Waals surface area (Å²) in [4.78, 5) is 46.0. The molecule has 0 aliphatic carbocycles. The second-order valence-corrected chi connectivity index (χ2v) is 12.4. The number of halogens is 3. The van der Waals surface area contributed by atoms with Crippen molar-refractivity contribution >= 4 is 52.0 Å². The van der Waals surface area contributed by atoms with Gasteiger partial charge in [-0.3, -0.25) is 24.1 Å². The van der Waals surface area contributed by atoms with Crippen molar-refractivity contribution in [3.8, 4) is 11.3 Å². The highest BCUT2D eigenvalue weighted by Gasteiger charge is 2.33. The molecule has 1 saturated heterocycles. The molecule has 244 valence electrons. The van der Waals surface area contributed by atoms with Crippen molar-refractivity contribution in [3.63, 3.8) is 0 Å².